The highest BCUT2D eigenvalue weighted by atomic mass is 32.2. The molecular formula is C29H48O2S. The third-order valence-electron chi connectivity index (χ3n) is 6.96. The molecule has 1 N–H and O–H groups in total. The molecule has 1 aromatic carbocycles. The van der Waals surface area contributed by atoms with E-state index in [-0.39, 0.29) is 10.8 Å². The molecule has 3 rings (SSSR count). The summed E-state index contributed by atoms with van der Waals surface area (Å²) >= 11 is 1.85. The molecule has 2 unspecified atom stereocenters. The zero-order valence-electron chi connectivity index (χ0n) is 21.9. The minimum Gasteiger partial charge on any atom is -0.481 e. The van der Waals surface area contributed by atoms with Gasteiger partial charge in [-0.05, 0) is 45.4 Å². The number of fused-ring (bicyclic) bond motifs is 6. The van der Waals surface area contributed by atoms with Crippen molar-refractivity contribution in [1.29, 1.82) is 0 Å². The van der Waals surface area contributed by atoms with Gasteiger partial charge in [0, 0.05) is 11.5 Å². The minimum atomic E-state index is -0.683. The maximum absolute atomic E-state index is 12.3. The van der Waals surface area contributed by atoms with Gasteiger partial charge in [-0.15, -0.1) is 0 Å². The number of rotatable bonds is 10. The van der Waals surface area contributed by atoms with Gasteiger partial charge in [0.1, 0.15) is 0 Å². The molecule has 0 amide bonds. The number of carboxylic acids is 1. The van der Waals surface area contributed by atoms with E-state index in [9.17, 15) is 9.90 Å². The summed E-state index contributed by atoms with van der Waals surface area (Å²) in [6.07, 6.45) is 12.0. The molecule has 2 atom stereocenters. The Bertz CT molecular complexity index is 739. The van der Waals surface area contributed by atoms with Crippen molar-refractivity contribution in [2.24, 2.45) is 0 Å². The minimum absolute atomic E-state index is 0.0100. The number of hydrogen-bond donors (Lipinski definition) is 1. The number of benzene rings is 1. The van der Waals surface area contributed by atoms with Gasteiger partial charge in [-0.3, -0.25) is 4.79 Å². The Labute approximate surface area is 202 Å². The fourth-order valence-corrected chi connectivity index (χ4v) is 6.36. The Morgan fingerprint density at radius 2 is 1.34 bits per heavy atom. The summed E-state index contributed by atoms with van der Waals surface area (Å²) in [6, 6.07) is 4.69. The van der Waals surface area contributed by atoms with Gasteiger partial charge in [0.15, 0.2) is 0 Å². The zero-order chi connectivity index (χ0) is 23.9. The van der Waals surface area contributed by atoms with Crippen LogP contribution in [0.5, 0.6) is 0 Å². The van der Waals surface area contributed by atoms with Crippen LogP contribution in [0.1, 0.15) is 140 Å². The topological polar surface area (TPSA) is 37.3 Å². The fourth-order valence-electron chi connectivity index (χ4n) is 5.03. The average molecular weight is 461 g/mol. The van der Waals surface area contributed by atoms with Gasteiger partial charge in [0.25, 0.3) is 0 Å². The van der Waals surface area contributed by atoms with Gasteiger partial charge >= 0.3 is 5.97 Å². The van der Waals surface area contributed by atoms with Gasteiger partial charge in [0.2, 0.25) is 0 Å². The molecule has 0 saturated heterocycles. The molecule has 0 spiro atoms. The maximum Gasteiger partial charge on any atom is 0.311 e. The number of aliphatic carboxylic acids is 1. The standard InChI is InChI=1S/C29H48O2S/c1-8-9-10-11-12-13-14-15-16-21-19-32-20-24(27(30)31)23-18-25(28(2,3)4)22(21)17-26(23)29(5,6)7/h17-18,21,24H,8-16,19-20H2,1-7H3,(H,30,31). The Morgan fingerprint density at radius 3 is 1.88 bits per heavy atom. The average Bonchev–Trinajstić information content (AvgIpc) is 2.81. The van der Waals surface area contributed by atoms with Crippen molar-refractivity contribution < 1.29 is 9.90 Å². The summed E-state index contributed by atoms with van der Waals surface area (Å²) in [4.78, 5) is 12.3. The fraction of sp³-hybridized carbons (Fsp3) is 0.759. The first-order chi connectivity index (χ1) is 15.0. The first kappa shape index (κ1) is 27.3. The molecule has 2 bridgehead atoms. The van der Waals surface area contributed by atoms with Crippen LogP contribution < -0.4 is 0 Å². The Morgan fingerprint density at radius 1 is 0.844 bits per heavy atom. The molecule has 0 fully saturated rings. The molecule has 0 saturated carbocycles. The number of carboxylic acid groups (broad SMARTS) is 1. The largest absolute Gasteiger partial charge is 0.481 e. The third-order valence-corrected chi connectivity index (χ3v) is 8.17. The predicted molar refractivity (Wildman–Crippen MR) is 142 cm³/mol. The van der Waals surface area contributed by atoms with Crippen LogP contribution >= 0.6 is 11.8 Å². The SMILES string of the molecule is CCCCCCCCCCC1CSCC(C(=O)O)c2cc(C(C)(C)C)c1cc2C(C)(C)C. The Kier molecular flexibility index (Phi) is 10.2. The van der Waals surface area contributed by atoms with E-state index in [1.807, 2.05) is 11.8 Å². The summed E-state index contributed by atoms with van der Waals surface area (Å²) < 4.78 is 0. The van der Waals surface area contributed by atoms with E-state index in [1.165, 1.54) is 74.5 Å². The molecule has 2 heterocycles. The quantitative estimate of drug-likeness (QED) is 0.354. The molecule has 1 aromatic rings. The summed E-state index contributed by atoms with van der Waals surface area (Å²) in [5.41, 5.74) is 5.06. The Balaban J connectivity index is 2.29. The summed E-state index contributed by atoms with van der Waals surface area (Å²) in [7, 11) is 0. The van der Waals surface area contributed by atoms with Crippen molar-refractivity contribution in [3.8, 4) is 0 Å². The molecule has 0 aromatic heterocycles. The lowest BCUT2D eigenvalue weighted by Crippen LogP contribution is -2.24. The van der Waals surface area contributed by atoms with Crippen molar-refractivity contribution in [2.45, 2.75) is 129 Å². The summed E-state index contributed by atoms with van der Waals surface area (Å²) in [5.74, 6) is 1.11. The second-order valence-electron chi connectivity index (χ2n) is 11.9. The van der Waals surface area contributed by atoms with Crippen molar-refractivity contribution in [1.82, 2.24) is 0 Å². The van der Waals surface area contributed by atoms with Gasteiger partial charge in [-0.25, -0.2) is 0 Å². The van der Waals surface area contributed by atoms with Crippen molar-refractivity contribution >= 4 is 17.7 Å². The first-order valence-corrected chi connectivity index (χ1v) is 14.1. The lowest BCUT2D eigenvalue weighted by molar-refractivity contribution is -0.138. The molecule has 2 aliphatic heterocycles. The highest BCUT2D eigenvalue weighted by molar-refractivity contribution is 7.99. The Hall–Kier alpha value is -0.960. The van der Waals surface area contributed by atoms with Crippen molar-refractivity contribution in [3.05, 3.63) is 34.4 Å². The normalized spacial score (nSPS) is 19.5. The lowest BCUT2D eigenvalue weighted by atomic mass is 9.72. The van der Waals surface area contributed by atoms with E-state index >= 15 is 0 Å². The second-order valence-corrected chi connectivity index (χ2v) is 13.0. The van der Waals surface area contributed by atoms with Gasteiger partial charge in [0.05, 0.1) is 5.92 Å². The predicted octanol–water partition coefficient (Wildman–Crippen LogP) is 8.81. The zero-order valence-corrected chi connectivity index (χ0v) is 22.7. The van der Waals surface area contributed by atoms with Crippen LogP contribution in [0.3, 0.4) is 0 Å². The highest BCUT2D eigenvalue weighted by Gasteiger charge is 2.34. The van der Waals surface area contributed by atoms with Crippen LogP contribution in [0, 0.1) is 0 Å². The number of thioether (sulfide) groups is 1. The maximum atomic E-state index is 12.3. The number of unbranched alkanes of at least 4 members (excludes halogenated alkanes) is 7. The molecule has 182 valence electrons. The van der Waals surface area contributed by atoms with Gasteiger partial charge < -0.3 is 5.11 Å². The van der Waals surface area contributed by atoms with E-state index < -0.39 is 11.9 Å². The molecule has 2 nitrogen and oxygen atoms in total. The van der Waals surface area contributed by atoms with E-state index in [0.717, 1.165) is 11.3 Å². The van der Waals surface area contributed by atoms with Crippen LogP contribution in [-0.4, -0.2) is 22.6 Å². The van der Waals surface area contributed by atoms with E-state index in [1.54, 1.807) is 0 Å². The van der Waals surface area contributed by atoms with Crippen LogP contribution in [0.4, 0.5) is 0 Å². The monoisotopic (exact) mass is 460 g/mol. The molecule has 0 aliphatic carbocycles. The lowest BCUT2D eigenvalue weighted by Gasteiger charge is -2.32. The van der Waals surface area contributed by atoms with Gasteiger partial charge in [-0.2, -0.15) is 11.8 Å². The molecule has 0 radical (unpaired) electrons. The van der Waals surface area contributed by atoms with E-state index in [4.69, 9.17) is 0 Å². The third kappa shape index (κ3) is 7.54. The van der Waals surface area contributed by atoms with Crippen LogP contribution in [0.2, 0.25) is 0 Å². The summed E-state index contributed by atoms with van der Waals surface area (Å²) in [6.45, 7) is 15.8. The number of carbonyl (C=O) groups is 1. The summed E-state index contributed by atoms with van der Waals surface area (Å²) in [5, 5.41) is 10.1. The first-order valence-electron chi connectivity index (χ1n) is 13.0. The second kappa shape index (κ2) is 12.0. The molecular weight excluding hydrogens is 412 g/mol. The van der Waals surface area contributed by atoms with Crippen LogP contribution in [-0.2, 0) is 15.6 Å². The van der Waals surface area contributed by atoms with Gasteiger partial charge in [-0.1, -0.05) is 112 Å². The van der Waals surface area contributed by atoms with E-state index in [2.05, 4.69) is 60.6 Å². The molecule has 3 heteroatoms. The van der Waals surface area contributed by atoms with Crippen molar-refractivity contribution in [2.75, 3.05) is 11.5 Å². The molecule has 32 heavy (non-hydrogen) atoms. The van der Waals surface area contributed by atoms with E-state index in [0.29, 0.717) is 11.7 Å². The van der Waals surface area contributed by atoms with Crippen LogP contribution in [0.25, 0.3) is 0 Å². The number of hydrogen-bond acceptors (Lipinski definition) is 2. The van der Waals surface area contributed by atoms with Crippen LogP contribution in [0.15, 0.2) is 12.1 Å². The molecule has 2 aliphatic rings. The van der Waals surface area contributed by atoms with Crippen molar-refractivity contribution in [3.63, 3.8) is 0 Å². The highest BCUT2D eigenvalue weighted by Crippen LogP contribution is 2.44. The smallest absolute Gasteiger partial charge is 0.311 e.